The molecule has 1 aromatic rings. The van der Waals surface area contributed by atoms with Crippen LogP contribution in [0.5, 0.6) is 11.8 Å². The van der Waals surface area contributed by atoms with Gasteiger partial charge in [-0.15, -0.1) is 0 Å². The zero-order valence-corrected chi connectivity index (χ0v) is 12.0. The van der Waals surface area contributed by atoms with Crippen LogP contribution in [0.4, 0.5) is 0 Å². The molecule has 1 aromatic heterocycles. The first-order valence-corrected chi connectivity index (χ1v) is 6.12. The van der Waals surface area contributed by atoms with E-state index < -0.39 is 17.9 Å². The van der Waals surface area contributed by atoms with E-state index in [9.17, 15) is 9.59 Å². The lowest BCUT2D eigenvalue weighted by Gasteiger charge is -2.15. The van der Waals surface area contributed by atoms with Gasteiger partial charge in [-0.2, -0.15) is 0 Å². The molecule has 0 saturated heterocycles. The molecule has 0 aromatic carbocycles. The average molecular weight is 295 g/mol. The number of hydrogen-bond acceptors (Lipinski definition) is 6. The number of ether oxygens (including phenoxy) is 2. The first-order valence-electron chi connectivity index (χ1n) is 6.12. The largest absolute Gasteiger partial charge is 0.480 e. The maximum Gasteiger partial charge on any atom is 0.326 e. The molecule has 114 valence electrons. The highest BCUT2D eigenvalue weighted by Crippen LogP contribution is 2.23. The molecule has 0 aliphatic carbocycles. The number of aliphatic carboxylic acids is 1. The van der Waals surface area contributed by atoms with Crippen LogP contribution in [-0.2, 0) is 4.79 Å². The van der Waals surface area contributed by atoms with Crippen LogP contribution in [0.2, 0.25) is 0 Å². The Hall–Kier alpha value is -2.64. The van der Waals surface area contributed by atoms with Crippen molar-refractivity contribution in [2.24, 2.45) is 0 Å². The molecule has 0 saturated carbocycles. The highest BCUT2D eigenvalue weighted by molar-refractivity contribution is 6.00. The van der Waals surface area contributed by atoms with Crippen molar-refractivity contribution in [2.45, 2.75) is 19.4 Å². The minimum atomic E-state index is -1.14. The van der Waals surface area contributed by atoms with Crippen LogP contribution in [0.25, 0.3) is 0 Å². The molecule has 1 rings (SSSR count). The van der Waals surface area contributed by atoms with Gasteiger partial charge in [0.25, 0.3) is 5.91 Å². The number of allylic oxidation sites excluding steroid dienone is 1. The second-order valence-electron chi connectivity index (χ2n) is 3.94. The molecule has 1 atom stereocenters. The fourth-order valence-corrected chi connectivity index (χ4v) is 1.58. The van der Waals surface area contributed by atoms with Gasteiger partial charge in [-0.05, 0) is 13.3 Å². The van der Waals surface area contributed by atoms with E-state index in [2.05, 4.69) is 15.3 Å². The molecule has 8 heteroatoms. The third-order valence-electron chi connectivity index (χ3n) is 2.60. The second-order valence-corrected chi connectivity index (χ2v) is 3.94. The maximum atomic E-state index is 12.2. The van der Waals surface area contributed by atoms with Gasteiger partial charge in [0.2, 0.25) is 11.8 Å². The van der Waals surface area contributed by atoms with Crippen LogP contribution < -0.4 is 14.8 Å². The Morgan fingerprint density at radius 2 is 1.90 bits per heavy atom. The summed E-state index contributed by atoms with van der Waals surface area (Å²) in [5.74, 6) is -1.80. The van der Waals surface area contributed by atoms with Crippen molar-refractivity contribution in [3.63, 3.8) is 0 Å². The number of methoxy groups -OCH3 is 2. The first kappa shape index (κ1) is 16.4. The number of carbonyl (C=O) groups excluding carboxylic acids is 1. The Balaban J connectivity index is 3.04. The van der Waals surface area contributed by atoms with Crippen LogP contribution in [-0.4, -0.2) is 47.2 Å². The van der Waals surface area contributed by atoms with Crippen molar-refractivity contribution in [2.75, 3.05) is 14.2 Å². The molecule has 8 nitrogen and oxygen atoms in total. The molecule has 0 fully saturated rings. The zero-order valence-electron chi connectivity index (χ0n) is 12.0. The summed E-state index contributed by atoms with van der Waals surface area (Å²) in [6.45, 7) is 1.76. The summed E-state index contributed by atoms with van der Waals surface area (Å²) in [5, 5.41) is 11.5. The van der Waals surface area contributed by atoms with Crippen LogP contribution in [0.1, 0.15) is 23.7 Å². The van der Waals surface area contributed by atoms with Gasteiger partial charge < -0.3 is 19.9 Å². The van der Waals surface area contributed by atoms with Gasteiger partial charge >= 0.3 is 5.97 Å². The standard InChI is InChI=1S/C13H17N3O5/c1-4-5-6-8(13(18)19)16-10(17)9-11(20-2)14-7-15-12(9)21-3/h4-5,7-8H,6H2,1-3H3,(H,16,17)(H,18,19)/b5-4+. The van der Waals surface area contributed by atoms with E-state index in [-0.39, 0.29) is 23.7 Å². The number of rotatable bonds is 7. The molecule has 21 heavy (non-hydrogen) atoms. The fourth-order valence-electron chi connectivity index (χ4n) is 1.58. The van der Waals surface area contributed by atoms with Crippen molar-refractivity contribution >= 4 is 11.9 Å². The quantitative estimate of drug-likeness (QED) is 0.710. The highest BCUT2D eigenvalue weighted by Gasteiger charge is 2.25. The smallest absolute Gasteiger partial charge is 0.326 e. The number of hydrogen-bond donors (Lipinski definition) is 2. The third kappa shape index (κ3) is 4.16. The van der Waals surface area contributed by atoms with Gasteiger partial charge in [0.1, 0.15) is 12.4 Å². The fraction of sp³-hybridized carbons (Fsp3) is 0.385. The van der Waals surface area contributed by atoms with E-state index in [4.69, 9.17) is 14.6 Å². The van der Waals surface area contributed by atoms with Gasteiger partial charge in [-0.1, -0.05) is 12.2 Å². The topological polar surface area (TPSA) is 111 Å². The molecule has 0 aliphatic rings. The number of nitrogens with zero attached hydrogens (tertiary/aromatic N) is 2. The van der Waals surface area contributed by atoms with Gasteiger partial charge in [-0.25, -0.2) is 14.8 Å². The molecule has 0 radical (unpaired) electrons. The molecule has 0 spiro atoms. The summed E-state index contributed by atoms with van der Waals surface area (Å²) >= 11 is 0. The lowest BCUT2D eigenvalue weighted by atomic mass is 10.1. The summed E-state index contributed by atoms with van der Waals surface area (Å²) in [6, 6.07) is -1.07. The molecular weight excluding hydrogens is 278 g/mol. The Labute approximate surface area is 121 Å². The Bertz CT molecular complexity index is 522. The summed E-state index contributed by atoms with van der Waals surface area (Å²) in [5.41, 5.74) is -0.0470. The zero-order chi connectivity index (χ0) is 15.8. The number of carboxylic acids is 1. The molecule has 0 bridgehead atoms. The van der Waals surface area contributed by atoms with Crippen molar-refractivity contribution in [1.82, 2.24) is 15.3 Å². The summed E-state index contributed by atoms with van der Waals surface area (Å²) < 4.78 is 9.96. The Morgan fingerprint density at radius 3 is 2.33 bits per heavy atom. The molecule has 1 heterocycles. The number of carbonyl (C=O) groups is 2. The molecular formula is C13H17N3O5. The number of aromatic nitrogens is 2. The van der Waals surface area contributed by atoms with E-state index in [0.717, 1.165) is 0 Å². The summed E-state index contributed by atoms with van der Waals surface area (Å²) in [6.07, 6.45) is 4.70. The number of carboxylic acid groups (broad SMARTS) is 1. The summed E-state index contributed by atoms with van der Waals surface area (Å²) in [7, 11) is 2.68. The van der Waals surface area contributed by atoms with Gasteiger partial charge in [-0.3, -0.25) is 4.79 Å². The Kier molecular flexibility index (Phi) is 6.12. The number of nitrogens with one attached hydrogen (secondary N) is 1. The lowest BCUT2D eigenvalue weighted by molar-refractivity contribution is -0.139. The second kappa shape index (κ2) is 7.83. The summed E-state index contributed by atoms with van der Waals surface area (Å²) in [4.78, 5) is 31.0. The first-order chi connectivity index (χ1) is 10.0. The van der Waals surface area contributed by atoms with Crippen LogP contribution in [0.3, 0.4) is 0 Å². The van der Waals surface area contributed by atoms with Gasteiger partial charge in [0.05, 0.1) is 14.2 Å². The van der Waals surface area contributed by atoms with E-state index >= 15 is 0 Å². The predicted molar refractivity (Wildman–Crippen MR) is 73.5 cm³/mol. The molecule has 2 N–H and O–H groups in total. The van der Waals surface area contributed by atoms with Crippen LogP contribution in [0, 0.1) is 0 Å². The van der Waals surface area contributed by atoms with Gasteiger partial charge in [0.15, 0.2) is 5.56 Å². The predicted octanol–water partition coefficient (Wildman–Crippen LogP) is 0.643. The van der Waals surface area contributed by atoms with E-state index in [1.54, 1.807) is 19.1 Å². The van der Waals surface area contributed by atoms with Gasteiger partial charge in [0, 0.05) is 0 Å². The average Bonchev–Trinajstić information content (AvgIpc) is 2.49. The van der Waals surface area contributed by atoms with Crippen molar-refractivity contribution in [3.8, 4) is 11.8 Å². The van der Waals surface area contributed by atoms with E-state index in [1.165, 1.54) is 20.5 Å². The highest BCUT2D eigenvalue weighted by atomic mass is 16.5. The SMILES string of the molecule is C/C=C/CC(NC(=O)c1c(OC)ncnc1OC)C(=O)O. The Morgan fingerprint density at radius 1 is 1.33 bits per heavy atom. The minimum Gasteiger partial charge on any atom is -0.480 e. The molecule has 0 aliphatic heterocycles. The van der Waals surface area contributed by atoms with E-state index in [1.807, 2.05) is 0 Å². The molecule has 1 unspecified atom stereocenters. The number of amides is 1. The minimum absolute atomic E-state index is 0.00882. The van der Waals surface area contributed by atoms with E-state index in [0.29, 0.717) is 0 Å². The van der Waals surface area contributed by atoms with Crippen molar-refractivity contribution in [3.05, 3.63) is 24.0 Å². The van der Waals surface area contributed by atoms with Crippen molar-refractivity contribution < 1.29 is 24.2 Å². The molecule has 1 amide bonds. The maximum absolute atomic E-state index is 12.2. The monoisotopic (exact) mass is 295 g/mol. The third-order valence-corrected chi connectivity index (χ3v) is 2.60. The van der Waals surface area contributed by atoms with Crippen LogP contribution in [0.15, 0.2) is 18.5 Å². The van der Waals surface area contributed by atoms with Crippen molar-refractivity contribution in [1.29, 1.82) is 0 Å². The normalized spacial score (nSPS) is 12.0. The van der Waals surface area contributed by atoms with Crippen LogP contribution >= 0.6 is 0 Å². The lowest BCUT2D eigenvalue weighted by Crippen LogP contribution is -2.40.